The highest BCUT2D eigenvalue weighted by molar-refractivity contribution is 9.10. The summed E-state index contributed by atoms with van der Waals surface area (Å²) in [6.07, 6.45) is 0. The number of aryl methyl sites for hydroxylation is 1. The van der Waals surface area contributed by atoms with E-state index >= 15 is 0 Å². The second-order valence-electron chi connectivity index (χ2n) is 9.51. The van der Waals surface area contributed by atoms with E-state index in [-0.39, 0.29) is 9.79 Å². The number of amides is 1. The molecule has 0 bridgehead atoms. The minimum Gasteiger partial charge on any atom is -0.325 e. The van der Waals surface area contributed by atoms with Gasteiger partial charge in [0.2, 0.25) is 5.91 Å². The molecule has 0 aliphatic rings. The Balaban J connectivity index is 1.34. The molecule has 0 radical (unpaired) electrons. The number of hydrogen-bond donors (Lipinski definition) is 2. The fraction of sp³-hybridized carbons (Fsp3) is 0.0645. The first-order valence-electron chi connectivity index (χ1n) is 12.8. The van der Waals surface area contributed by atoms with E-state index in [2.05, 4.69) is 26.0 Å². The number of benzene rings is 5. The van der Waals surface area contributed by atoms with Crippen molar-refractivity contribution >= 4 is 69.7 Å². The monoisotopic (exact) mass is 663 g/mol. The quantitative estimate of drug-likeness (QED) is 0.186. The molecule has 1 amide bonds. The number of rotatable bonds is 9. The Morgan fingerprint density at radius 3 is 2.12 bits per heavy atom. The van der Waals surface area contributed by atoms with Gasteiger partial charge in [0.15, 0.2) is 0 Å². The minimum atomic E-state index is -4.08. The van der Waals surface area contributed by atoms with E-state index in [9.17, 15) is 21.6 Å². The van der Waals surface area contributed by atoms with E-state index in [1.807, 2.05) is 37.3 Å². The van der Waals surface area contributed by atoms with Crippen molar-refractivity contribution in [3.8, 4) is 0 Å². The molecule has 0 aliphatic heterocycles. The van der Waals surface area contributed by atoms with Gasteiger partial charge in [0.05, 0.1) is 21.2 Å². The highest BCUT2D eigenvalue weighted by Gasteiger charge is 2.27. The lowest BCUT2D eigenvalue weighted by Gasteiger charge is -2.24. The van der Waals surface area contributed by atoms with Gasteiger partial charge in [-0.25, -0.2) is 16.8 Å². The SMILES string of the molecule is Cc1ccc(S(=O)(=O)N(CC(=O)Nc2ccc(S(=O)(=O)Nc3cccc4ccccc34)cc2)c2cccc(Br)c2)cc1. The summed E-state index contributed by atoms with van der Waals surface area (Å²) in [5.74, 6) is -0.602. The number of sulfonamides is 2. The molecule has 5 aromatic rings. The highest BCUT2D eigenvalue weighted by atomic mass is 79.9. The molecule has 5 rings (SSSR count). The van der Waals surface area contributed by atoms with Crippen LogP contribution in [0.1, 0.15) is 5.56 Å². The maximum atomic E-state index is 13.6. The molecule has 214 valence electrons. The molecule has 2 N–H and O–H groups in total. The molecule has 5 aromatic carbocycles. The molecule has 8 nitrogen and oxygen atoms in total. The Hall–Kier alpha value is -4.19. The van der Waals surface area contributed by atoms with Gasteiger partial charge in [-0.2, -0.15) is 0 Å². The van der Waals surface area contributed by atoms with Crippen LogP contribution >= 0.6 is 15.9 Å². The maximum Gasteiger partial charge on any atom is 0.264 e. The maximum absolute atomic E-state index is 13.6. The fourth-order valence-corrected chi connectivity index (χ4v) is 7.23. The van der Waals surface area contributed by atoms with Crippen molar-refractivity contribution in [2.75, 3.05) is 20.9 Å². The molecule has 0 spiro atoms. The Kier molecular flexibility index (Phi) is 8.35. The Labute approximate surface area is 253 Å². The Bertz CT molecular complexity index is 1970. The van der Waals surface area contributed by atoms with Crippen molar-refractivity contribution in [1.29, 1.82) is 0 Å². The lowest BCUT2D eigenvalue weighted by molar-refractivity contribution is -0.114. The topological polar surface area (TPSA) is 113 Å². The van der Waals surface area contributed by atoms with Crippen LogP contribution in [0.2, 0.25) is 0 Å². The number of nitrogens with zero attached hydrogens (tertiary/aromatic N) is 1. The largest absolute Gasteiger partial charge is 0.325 e. The molecule has 0 aliphatic carbocycles. The number of carbonyl (C=O) groups excluding carboxylic acids is 1. The van der Waals surface area contributed by atoms with Gasteiger partial charge in [-0.15, -0.1) is 0 Å². The van der Waals surface area contributed by atoms with Gasteiger partial charge in [-0.1, -0.05) is 76.1 Å². The van der Waals surface area contributed by atoms with Crippen molar-refractivity contribution in [3.05, 3.63) is 125 Å². The summed E-state index contributed by atoms with van der Waals surface area (Å²) >= 11 is 3.36. The molecule has 42 heavy (non-hydrogen) atoms. The molecule has 0 saturated heterocycles. The first kappa shape index (κ1) is 29.3. The van der Waals surface area contributed by atoms with Gasteiger partial charge < -0.3 is 5.32 Å². The number of hydrogen-bond acceptors (Lipinski definition) is 5. The first-order chi connectivity index (χ1) is 20.0. The second kappa shape index (κ2) is 12.0. The molecule has 0 aromatic heterocycles. The lowest BCUT2D eigenvalue weighted by Crippen LogP contribution is -2.38. The Morgan fingerprint density at radius 2 is 1.40 bits per heavy atom. The van der Waals surface area contributed by atoms with Gasteiger partial charge in [0.1, 0.15) is 6.54 Å². The van der Waals surface area contributed by atoms with Crippen LogP contribution < -0.4 is 14.3 Å². The van der Waals surface area contributed by atoms with Crippen LogP contribution in [0.15, 0.2) is 130 Å². The molecular formula is C31H26BrN3O5S2. The van der Waals surface area contributed by atoms with Crippen LogP contribution in [0, 0.1) is 6.92 Å². The van der Waals surface area contributed by atoms with Crippen molar-refractivity contribution in [3.63, 3.8) is 0 Å². The Morgan fingerprint density at radius 1 is 0.762 bits per heavy atom. The van der Waals surface area contributed by atoms with E-state index in [4.69, 9.17) is 0 Å². The summed E-state index contributed by atoms with van der Waals surface area (Å²) in [4.78, 5) is 13.2. The van der Waals surface area contributed by atoms with E-state index in [0.29, 0.717) is 21.5 Å². The second-order valence-corrected chi connectivity index (χ2v) is 14.0. The summed E-state index contributed by atoms with van der Waals surface area (Å²) in [7, 11) is -8.00. The van der Waals surface area contributed by atoms with Crippen LogP contribution in [0.25, 0.3) is 10.8 Å². The number of carbonyl (C=O) groups is 1. The van der Waals surface area contributed by atoms with Crippen molar-refractivity contribution in [1.82, 2.24) is 0 Å². The van der Waals surface area contributed by atoms with Gasteiger partial charge in [-0.05, 0) is 73.0 Å². The van der Waals surface area contributed by atoms with E-state index in [0.717, 1.165) is 20.6 Å². The number of anilines is 3. The summed E-state index contributed by atoms with van der Waals surface area (Å²) < 4.78 is 57.7. The predicted molar refractivity (Wildman–Crippen MR) is 170 cm³/mol. The number of nitrogens with one attached hydrogen (secondary N) is 2. The molecule has 0 fully saturated rings. The fourth-order valence-electron chi connectivity index (χ4n) is 4.35. The zero-order valence-electron chi connectivity index (χ0n) is 22.4. The van der Waals surface area contributed by atoms with E-state index < -0.39 is 32.5 Å². The van der Waals surface area contributed by atoms with E-state index in [1.165, 1.54) is 36.4 Å². The van der Waals surface area contributed by atoms with Gasteiger partial charge in [0, 0.05) is 15.5 Å². The zero-order chi connectivity index (χ0) is 29.9. The van der Waals surface area contributed by atoms with Crippen LogP contribution in [-0.4, -0.2) is 29.3 Å². The van der Waals surface area contributed by atoms with Crippen molar-refractivity contribution < 1.29 is 21.6 Å². The standard InChI is InChI=1S/C31H26BrN3O5S2/c1-22-12-16-28(17-13-22)42(39,40)35(26-9-5-8-24(32)20-26)21-31(36)33-25-14-18-27(19-15-25)41(37,38)34-30-11-4-7-23-6-2-3-10-29(23)30/h2-20,34H,21H2,1H3,(H,33,36). The first-order valence-corrected chi connectivity index (χ1v) is 16.5. The highest BCUT2D eigenvalue weighted by Crippen LogP contribution is 2.28. The smallest absolute Gasteiger partial charge is 0.264 e. The summed E-state index contributed by atoms with van der Waals surface area (Å²) in [5, 5.41) is 4.34. The van der Waals surface area contributed by atoms with Crippen molar-refractivity contribution in [2.24, 2.45) is 0 Å². The summed E-state index contributed by atoms with van der Waals surface area (Å²) in [5.41, 5.74) is 1.97. The molecule has 11 heteroatoms. The van der Waals surface area contributed by atoms with Crippen LogP contribution in [0.4, 0.5) is 17.1 Å². The number of fused-ring (bicyclic) bond motifs is 1. The molecule has 0 atom stereocenters. The summed E-state index contributed by atoms with van der Waals surface area (Å²) in [6.45, 7) is 1.35. The van der Waals surface area contributed by atoms with Gasteiger partial charge in [-0.3, -0.25) is 13.8 Å². The van der Waals surface area contributed by atoms with Gasteiger partial charge in [0.25, 0.3) is 20.0 Å². The summed E-state index contributed by atoms with van der Waals surface area (Å²) in [6, 6.07) is 31.5. The minimum absolute atomic E-state index is 0.00569. The van der Waals surface area contributed by atoms with Crippen LogP contribution in [0.3, 0.4) is 0 Å². The third-order valence-corrected chi connectivity index (χ3v) is 10.1. The zero-order valence-corrected chi connectivity index (χ0v) is 25.6. The van der Waals surface area contributed by atoms with E-state index in [1.54, 1.807) is 48.5 Å². The van der Waals surface area contributed by atoms with Crippen LogP contribution in [-0.2, 0) is 24.8 Å². The van der Waals surface area contributed by atoms with Crippen molar-refractivity contribution in [2.45, 2.75) is 16.7 Å². The van der Waals surface area contributed by atoms with Crippen LogP contribution in [0.5, 0.6) is 0 Å². The third kappa shape index (κ3) is 6.48. The normalized spacial score (nSPS) is 11.7. The molecule has 0 heterocycles. The molecule has 0 unspecified atom stereocenters. The third-order valence-electron chi connectivity index (χ3n) is 6.47. The molecular weight excluding hydrogens is 638 g/mol. The molecule has 0 saturated carbocycles. The average Bonchev–Trinajstić information content (AvgIpc) is 2.96. The van der Waals surface area contributed by atoms with Gasteiger partial charge >= 0.3 is 0 Å². The average molecular weight is 665 g/mol. The lowest BCUT2D eigenvalue weighted by atomic mass is 10.1. The predicted octanol–water partition coefficient (Wildman–Crippen LogP) is 6.55. The number of halogens is 1.